The molecular formula is C17H24O10S. The van der Waals surface area contributed by atoms with Gasteiger partial charge in [0.15, 0.2) is 23.7 Å². The Bertz CT molecular complexity index is 658. The molecular weight excluding hydrogens is 396 g/mol. The van der Waals surface area contributed by atoms with E-state index in [1.165, 1.54) is 18.4 Å². The topological polar surface area (TPSA) is 132 Å². The lowest BCUT2D eigenvalue weighted by molar-refractivity contribution is -0.238. The van der Waals surface area contributed by atoms with E-state index in [2.05, 4.69) is 0 Å². The van der Waals surface area contributed by atoms with Crippen LogP contribution in [-0.2, 0) is 53.7 Å². The van der Waals surface area contributed by atoms with Gasteiger partial charge in [0.05, 0.1) is 10.8 Å². The third-order valence-electron chi connectivity index (χ3n) is 3.45. The van der Waals surface area contributed by atoms with E-state index in [9.17, 15) is 23.4 Å². The van der Waals surface area contributed by atoms with E-state index in [1.807, 2.05) is 0 Å². The fourth-order valence-electron chi connectivity index (χ4n) is 2.59. The van der Waals surface area contributed by atoms with Gasteiger partial charge in [-0.15, -0.1) is 0 Å². The third-order valence-corrected chi connectivity index (χ3v) is 4.83. The molecule has 0 N–H and O–H groups in total. The molecule has 28 heavy (non-hydrogen) atoms. The van der Waals surface area contributed by atoms with E-state index in [4.69, 9.17) is 23.7 Å². The Morgan fingerprint density at radius 3 is 1.82 bits per heavy atom. The first kappa shape index (κ1) is 23.8. The molecule has 0 spiro atoms. The van der Waals surface area contributed by atoms with Crippen LogP contribution in [0.3, 0.4) is 0 Å². The first-order valence-corrected chi connectivity index (χ1v) is 9.67. The lowest BCUT2D eigenvalue weighted by Crippen LogP contribution is -2.63. The maximum Gasteiger partial charge on any atom is 0.303 e. The second kappa shape index (κ2) is 10.9. The number of hydrogen-bond acceptors (Lipinski definition) is 10. The van der Waals surface area contributed by atoms with Crippen molar-refractivity contribution in [1.82, 2.24) is 0 Å². The molecule has 1 aliphatic rings. The standard InChI is InChI=1S/C17H24O10S/c1-6-7-28(22)17-16(26-12(5)21)15(25-11(4)20)14(24-10(3)19)13(27-17)8-23-9(2)18/h6-7,13-17H,8H2,1-5H3/t13-,14-,15+,16-,17+,28?/m1/s1. The van der Waals surface area contributed by atoms with Crippen molar-refractivity contribution in [1.29, 1.82) is 0 Å². The molecule has 0 aromatic rings. The maximum absolute atomic E-state index is 12.6. The fourth-order valence-corrected chi connectivity index (χ4v) is 3.74. The average Bonchev–Trinajstić information content (AvgIpc) is 2.55. The second-order valence-corrected chi connectivity index (χ2v) is 7.26. The van der Waals surface area contributed by atoms with Gasteiger partial charge in [-0.3, -0.25) is 23.4 Å². The summed E-state index contributed by atoms with van der Waals surface area (Å²) in [6.45, 7) is 5.80. The summed E-state index contributed by atoms with van der Waals surface area (Å²) in [5.74, 6) is -2.84. The normalized spacial score (nSPS) is 28.2. The molecule has 0 saturated carbocycles. The van der Waals surface area contributed by atoms with E-state index in [0.717, 1.165) is 20.8 Å². The molecule has 0 bridgehead atoms. The fraction of sp³-hybridized carbons (Fsp3) is 0.647. The molecule has 158 valence electrons. The molecule has 0 amide bonds. The number of ether oxygens (including phenoxy) is 5. The highest BCUT2D eigenvalue weighted by Crippen LogP contribution is 2.31. The minimum absolute atomic E-state index is 0.360. The summed E-state index contributed by atoms with van der Waals surface area (Å²) < 4.78 is 38.9. The van der Waals surface area contributed by atoms with Crippen molar-refractivity contribution in [3.63, 3.8) is 0 Å². The van der Waals surface area contributed by atoms with Crippen molar-refractivity contribution in [3.05, 3.63) is 11.5 Å². The zero-order valence-corrected chi connectivity index (χ0v) is 17.1. The number of carbonyl (C=O) groups excluding carboxylic acids is 4. The van der Waals surface area contributed by atoms with Gasteiger partial charge < -0.3 is 23.7 Å². The molecule has 1 aliphatic heterocycles. The minimum atomic E-state index is -1.80. The largest absolute Gasteiger partial charge is 0.463 e. The summed E-state index contributed by atoms with van der Waals surface area (Å²) in [6, 6.07) is 0. The van der Waals surface area contributed by atoms with E-state index in [-0.39, 0.29) is 6.61 Å². The summed E-state index contributed by atoms with van der Waals surface area (Å²) in [7, 11) is -1.80. The zero-order valence-electron chi connectivity index (χ0n) is 16.2. The molecule has 0 aromatic heterocycles. The van der Waals surface area contributed by atoms with Crippen LogP contribution in [-0.4, -0.2) is 64.5 Å². The maximum atomic E-state index is 12.6. The van der Waals surface area contributed by atoms with Gasteiger partial charge in [-0.2, -0.15) is 0 Å². The Hall–Kier alpha value is -2.27. The quantitative estimate of drug-likeness (QED) is 0.420. The average molecular weight is 420 g/mol. The SMILES string of the molecule is CC=CS(=O)[C@@H]1O[C@H](COC(C)=O)[C@@H](OC(C)=O)[C@H](OC(C)=O)[C@H]1OC(C)=O. The first-order chi connectivity index (χ1) is 13.1. The molecule has 1 heterocycles. The summed E-state index contributed by atoms with van der Waals surface area (Å²) >= 11 is 0. The minimum Gasteiger partial charge on any atom is -0.463 e. The molecule has 1 fully saturated rings. The molecule has 0 aliphatic carbocycles. The van der Waals surface area contributed by atoms with Crippen LogP contribution in [0, 0.1) is 0 Å². The molecule has 6 atom stereocenters. The van der Waals surface area contributed by atoms with Crippen molar-refractivity contribution in [2.24, 2.45) is 0 Å². The third kappa shape index (κ3) is 7.04. The monoisotopic (exact) mass is 420 g/mol. The van der Waals surface area contributed by atoms with Gasteiger partial charge in [-0.25, -0.2) is 0 Å². The number of carbonyl (C=O) groups is 4. The van der Waals surface area contributed by atoms with Gasteiger partial charge >= 0.3 is 23.9 Å². The molecule has 1 saturated heterocycles. The van der Waals surface area contributed by atoms with E-state index < -0.39 is 64.5 Å². The van der Waals surface area contributed by atoms with Crippen LogP contribution in [0.15, 0.2) is 11.5 Å². The van der Waals surface area contributed by atoms with Crippen LogP contribution in [0.4, 0.5) is 0 Å². The Kier molecular flexibility index (Phi) is 9.26. The van der Waals surface area contributed by atoms with E-state index in [1.54, 1.807) is 6.92 Å². The summed E-state index contributed by atoms with van der Waals surface area (Å²) in [4.78, 5) is 46.0. The van der Waals surface area contributed by atoms with Gasteiger partial charge in [-0.05, 0) is 6.92 Å². The highest BCUT2D eigenvalue weighted by atomic mass is 32.2. The molecule has 1 rings (SSSR count). The number of hydrogen-bond donors (Lipinski definition) is 0. The van der Waals surface area contributed by atoms with Crippen LogP contribution in [0.2, 0.25) is 0 Å². The summed E-state index contributed by atoms with van der Waals surface area (Å²) in [5, 5.41) is 1.31. The molecule has 10 nitrogen and oxygen atoms in total. The van der Waals surface area contributed by atoms with Gasteiger partial charge in [0.2, 0.25) is 0 Å². The highest BCUT2D eigenvalue weighted by molar-refractivity contribution is 7.88. The first-order valence-electron chi connectivity index (χ1n) is 8.39. The Morgan fingerprint density at radius 2 is 1.36 bits per heavy atom. The van der Waals surface area contributed by atoms with Crippen molar-refractivity contribution < 1.29 is 47.1 Å². The van der Waals surface area contributed by atoms with Crippen molar-refractivity contribution in [3.8, 4) is 0 Å². The van der Waals surface area contributed by atoms with Crippen molar-refractivity contribution in [2.75, 3.05) is 6.61 Å². The van der Waals surface area contributed by atoms with Crippen molar-refractivity contribution in [2.45, 2.75) is 64.5 Å². The highest BCUT2D eigenvalue weighted by Gasteiger charge is 2.53. The lowest BCUT2D eigenvalue weighted by Gasteiger charge is -2.43. The van der Waals surface area contributed by atoms with Gasteiger partial charge in [0.25, 0.3) is 0 Å². The number of rotatable bonds is 7. The molecule has 11 heteroatoms. The van der Waals surface area contributed by atoms with E-state index in [0.29, 0.717) is 0 Å². The van der Waals surface area contributed by atoms with Crippen LogP contribution in [0.5, 0.6) is 0 Å². The second-order valence-electron chi connectivity index (χ2n) is 5.87. The predicted octanol–water partition coefficient (Wildman–Crippen LogP) is 0.352. The molecule has 0 radical (unpaired) electrons. The van der Waals surface area contributed by atoms with Crippen LogP contribution in [0.1, 0.15) is 34.6 Å². The van der Waals surface area contributed by atoms with Crippen LogP contribution >= 0.6 is 0 Å². The smallest absolute Gasteiger partial charge is 0.303 e. The van der Waals surface area contributed by atoms with Gasteiger partial charge in [-0.1, -0.05) is 6.08 Å². The summed E-state index contributed by atoms with van der Waals surface area (Å²) in [6.07, 6.45) is -3.51. The molecule has 1 unspecified atom stereocenters. The Morgan fingerprint density at radius 1 is 0.857 bits per heavy atom. The Balaban J connectivity index is 3.39. The van der Waals surface area contributed by atoms with Gasteiger partial charge in [0.1, 0.15) is 12.7 Å². The van der Waals surface area contributed by atoms with Crippen molar-refractivity contribution >= 4 is 34.7 Å². The predicted molar refractivity (Wildman–Crippen MR) is 94.9 cm³/mol. The number of esters is 4. The number of allylic oxidation sites excluding steroid dienone is 1. The lowest BCUT2D eigenvalue weighted by atomic mass is 9.99. The Labute approximate surface area is 164 Å². The summed E-state index contributed by atoms with van der Waals surface area (Å²) in [5.41, 5.74) is -1.25. The van der Waals surface area contributed by atoms with Crippen LogP contribution < -0.4 is 0 Å². The molecule has 0 aromatic carbocycles. The zero-order chi connectivity index (χ0) is 21.4. The van der Waals surface area contributed by atoms with Crippen LogP contribution in [0.25, 0.3) is 0 Å². The van der Waals surface area contributed by atoms with Gasteiger partial charge in [0, 0.05) is 33.1 Å². The van der Waals surface area contributed by atoms with E-state index >= 15 is 0 Å².